The first kappa shape index (κ1) is 12.7. The smallest absolute Gasteiger partial charge is 0.246 e. The van der Waals surface area contributed by atoms with E-state index in [0.717, 1.165) is 31.7 Å². The average molecular weight is 272 g/mol. The van der Waals surface area contributed by atoms with E-state index in [1.165, 1.54) is 4.80 Å². The highest BCUT2D eigenvalue weighted by atomic mass is 16.2. The van der Waals surface area contributed by atoms with Crippen molar-refractivity contribution >= 4 is 5.91 Å². The van der Waals surface area contributed by atoms with Gasteiger partial charge in [0.2, 0.25) is 11.7 Å². The van der Waals surface area contributed by atoms with Crippen molar-refractivity contribution in [3.8, 4) is 11.4 Å². The first-order chi connectivity index (χ1) is 9.83. The number of amides is 1. The van der Waals surface area contributed by atoms with Crippen LogP contribution in [-0.4, -0.2) is 57.2 Å². The van der Waals surface area contributed by atoms with Gasteiger partial charge in [0.05, 0.1) is 0 Å². The van der Waals surface area contributed by atoms with Crippen LogP contribution in [0.5, 0.6) is 0 Å². The molecule has 2 heterocycles. The summed E-state index contributed by atoms with van der Waals surface area (Å²) in [5, 5.41) is 15.4. The van der Waals surface area contributed by atoms with Crippen LogP contribution in [0.4, 0.5) is 0 Å². The SMILES string of the molecule is O=C(Cn1nnc(-c2ccccc2)n1)N1CCNCC1. The fourth-order valence-corrected chi connectivity index (χ4v) is 2.15. The largest absolute Gasteiger partial charge is 0.338 e. The number of nitrogens with zero attached hydrogens (tertiary/aromatic N) is 5. The lowest BCUT2D eigenvalue weighted by Gasteiger charge is -2.27. The normalized spacial score (nSPS) is 15.3. The van der Waals surface area contributed by atoms with Crippen LogP contribution in [0.25, 0.3) is 11.4 Å². The Hall–Kier alpha value is -2.28. The second-order valence-electron chi connectivity index (χ2n) is 4.64. The zero-order chi connectivity index (χ0) is 13.8. The Labute approximate surface area is 116 Å². The molecule has 1 aromatic heterocycles. The fraction of sp³-hybridized carbons (Fsp3) is 0.385. The Morgan fingerprint density at radius 1 is 1.20 bits per heavy atom. The van der Waals surface area contributed by atoms with Gasteiger partial charge in [-0.05, 0) is 5.21 Å². The van der Waals surface area contributed by atoms with Crippen molar-refractivity contribution in [2.45, 2.75) is 6.54 Å². The molecule has 0 spiro atoms. The van der Waals surface area contributed by atoms with Crippen molar-refractivity contribution in [1.29, 1.82) is 0 Å². The number of rotatable bonds is 3. The van der Waals surface area contributed by atoms with Crippen LogP contribution in [0.15, 0.2) is 30.3 Å². The minimum Gasteiger partial charge on any atom is -0.338 e. The third-order valence-electron chi connectivity index (χ3n) is 3.23. The van der Waals surface area contributed by atoms with Crippen molar-refractivity contribution in [2.75, 3.05) is 26.2 Å². The zero-order valence-corrected chi connectivity index (χ0v) is 11.1. The molecule has 1 saturated heterocycles. The molecule has 1 fully saturated rings. The summed E-state index contributed by atoms with van der Waals surface area (Å²) in [6.07, 6.45) is 0. The number of hydrogen-bond acceptors (Lipinski definition) is 5. The number of piperazine rings is 1. The molecule has 1 aliphatic heterocycles. The molecule has 0 unspecified atom stereocenters. The Bertz CT molecular complexity index is 576. The highest BCUT2D eigenvalue weighted by Gasteiger charge is 2.17. The molecule has 1 aromatic carbocycles. The van der Waals surface area contributed by atoms with E-state index in [9.17, 15) is 4.79 Å². The Kier molecular flexibility index (Phi) is 3.69. The molecule has 1 aliphatic rings. The fourth-order valence-electron chi connectivity index (χ4n) is 2.15. The quantitative estimate of drug-likeness (QED) is 0.835. The molecule has 7 heteroatoms. The van der Waals surface area contributed by atoms with E-state index < -0.39 is 0 Å². The topological polar surface area (TPSA) is 75.9 Å². The van der Waals surface area contributed by atoms with Gasteiger partial charge in [-0.2, -0.15) is 4.80 Å². The summed E-state index contributed by atoms with van der Waals surface area (Å²) < 4.78 is 0. The van der Waals surface area contributed by atoms with Gasteiger partial charge in [0, 0.05) is 31.7 Å². The minimum atomic E-state index is 0.0310. The maximum atomic E-state index is 12.1. The second kappa shape index (κ2) is 5.79. The summed E-state index contributed by atoms with van der Waals surface area (Å²) >= 11 is 0. The van der Waals surface area contributed by atoms with E-state index in [1.807, 2.05) is 35.2 Å². The standard InChI is InChI=1S/C13H16N6O/c20-12(18-8-6-14-7-9-18)10-19-16-13(15-17-19)11-4-2-1-3-5-11/h1-5,14H,6-10H2. The van der Waals surface area contributed by atoms with E-state index in [4.69, 9.17) is 0 Å². The number of nitrogens with one attached hydrogen (secondary N) is 1. The molecule has 3 rings (SSSR count). The number of carbonyl (C=O) groups is 1. The highest BCUT2D eigenvalue weighted by Crippen LogP contribution is 2.11. The molecular formula is C13H16N6O. The van der Waals surface area contributed by atoms with Gasteiger partial charge in [0.15, 0.2) is 0 Å². The summed E-state index contributed by atoms with van der Waals surface area (Å²) in [6.45, 7) is 3.29. The van der Waals surface area contributed by atoms with Gasteiger partial charge in [0.25, 0.3) is 0 Å². The van der Waals surface area contributed by atoms with Crippen LogP contribution >= 0.6 is 0 Å². The second-order valence-corrected chi connectivity index (χ2v) is 4.64. The molecule has 0 radical (unpaired) electrons. The van der Waals surface area contributed by atoms with Gasteiger partial charge in [-0.3, -0.25) is 4.79 Å². The lowest BCUT2D eigenvalue weighted by atomic mass is 10.2. The molecule has 7 nitrogen and oxygen atoms in total. The van der Waals surface area contributed by atoms with Crippen molar-refractivity contribution in [3.05, 3.63) is 30.3 Å². The van der Waals surface area contributed by atoms with Gasteiger partial charge < -0.3 is 10.2 Å². The van der Waals surface area contributed by atoms with Gasteiger partial charge in [-0.25, -0.2) is 0 Å². The maximum Gasteiger partial charge on any atom is 0.246 e. The molecule has 0 bridgehead atoms. The number of tetrazole rings is 1. The number of hydrogen-bond donors (Lipinski definition) is 1. The van der Waals surface area contributed by atoms with Gasteiger partial charge in [-0.1, -0.05) is 30.3 Å². The van der Waals surface area contributed by atoms with Crippen LogP contribution < -0.4 is 5.32 Å². The van der Waals surface area contributed by atoms with Crippen LogP contribution in [0, 0.1) is 0 Å². The van der Waals surface area contributed by atoms with Crippen molar-refractivity contribution in [3.63, 3.8) is 0 Å². The third kappa shape index (κ3) is 2.83. The maximum absolute atomic E-state index is 12.1. The van der Waals surface area contributed by atoms with E-state index in [2.05, 4.69) is 20.7 Å². The van der Waals surface area contributed by atoms with Crippen LogP contribution in [0.1, 0.15) is 0 Å². The summed E-state index contributed by atoms with van der Waals surface area (Å²) in [4.78, 5) is 15.3. The average Bonchev–Trinajstić information content (AvgIpc) is 2.97. The Balaban J connectivity index is 1.66. The minimum absolute atomic E-state index is 0.0310. The number of aromatic nitrogens is 4. The van der Waals surface area contributed by atoms with Crippen molar-refractivity contribution in [2.24, 2.45) is 0 Å². The van der Waals surface area contributed by atoms with Crippen LogP contribution in [0.3, 0.4) is 0 Å². The summed E-state index contributed by atoms with van der Waals surface area (Å²) in [5.74, 6) is 0.572. The Morgan fingerprint density at radius 2 is 1.95 bits per heavy atom. The predicted octanol–water partition coefficient (Wildman–Crippen LogP) is -0.228. The van der Waals surface area contributed by atoms with E-state index in [0.29, 0.717) is 5.82 Å². The number of benzene rings is 1. The molecule has 0 atom stereocenters. The Morgan fingerprint density at radius 3 is 2.70 bits per heavy atom. The lowest BCUT2D eigenvalue weighted by molar-refractivity contribution is -0.132. The van der Waals surface area contributed by atoms with E-state index >= 15 is 0 Å². The van der Waals surface area contributed by atoms with Gasteiger partial charge >= 0.3 is 0 Å². The lowest BCUT2D eigenvalue weighted by Crippen LogP contribution is -2.47. The molecule has 0 aliphatic carbocycles. The molecular weight excluding hydrogens is 256 g/mol. The van der Waals surface area contributed by atoms with Crippen molar-refractivity contribution < 1.29 is 4.79 Å². The molecule has 1 amide bonds. The summed E-state index contributed by atoms with van der Waals surface area (Å²) in [7, 11) is 0. The van der Waals surface area contributed by atoms with Gasteiger partial charge in [0.1, 0.15) is 6.54 Å². The zero-order valence-electron chi connectivity index (χ0n) is 11.1. The third-order valence-corrected chi connectivity index (χ3v) is 3.23. The molecule has 20 heavy (non-hydrogen) atoms. The monoisotopic (exact) mass is 272 g/mol. The number of carbonyl (C=O) groups excluding carboxylic acids is 1. The van der Waals surface area contributed by atoms with Gasteiger partial charge in [-0.15, -0.1) is 10.2 Å². The molecule has 1 N–H and O–H groups in total. The summed E-state index contributed by atoms with van der Waals surface area (Å²) in [5.41, 5.74) is 0.897. The van der Waals surface area contributed by atoms with E-state index in [1.54, 1.807) is 0 Å². The summed E-state index contributed by atoms with van der Waals surface area (Å²) in [6, 6.07) is 9.60. The first-order valence-corrected chi connectivity index (χ1v) is 6.64. The van der Waals surface area contributed by atoms with Crippen LogP contribution in [0.2, 0.25) is 0 Å². The van der Waals surface area contributed by atoms with Crippen LogP contribution in [-0.2, 0) is 11.3 Å². The molecule has 2 aromatic rings. The highest BCUT2D eigenvalue weighted by molar-refractivity contribution is 5.75. The molecule has 0 saturated carbocycles. The van der Waals surface area contributed by atoms with E-state index in [-0.39, 0.29) is 12.5 Å². The predicted molar refractivity (Wildman–Crippen MR) is 72.7 cm³/mol. The molecule has 104 valence electrons. The first-order valence-electron chi connectivity index (χ1n) is 6.64. The van der Waals surface area contributed by atoms with Crippen molar-refractivity contribution in [1.82, 2.24) is 30.4 Å².